The van der Waals surface area contributed by atoms with E-state index in [1.54, 1.807) is 0 Å². The first-order valence-corrected chi connectivity index (χ1v) is 13.4. The first-order chi connectivity index (χ1) is 15.4. The number of ketones is 2. The number of carbonyl (C=O) groups is 2. The molecule has 0 radical (unpaired) electrons. The number of Topliss-reactive ketones (excluding diaryl/α,β-unsaturated/α-hetero) is 1. The highest BCUT2D eigenvalue weighted by Crippen LogP contribution is 2.69. The van der Waals surface area contributed by atoms with Crippen LogP contribution in [0.3, 0.4) is 0 Å². The minimum absolute atomic E-state index is 0.0148. The fraction of sp³-hybridized carbons (Fsp3) is 0.767. The van der Waals surface area contributed by atoms with Crippen LogP contribution in [-0.4, -0.2) is 11.6 Å². The average molecular weight is 448 g/mol. The number of allylic oxidation sites excluding steroid dienone is 4. The minimum Gasteiger partial charge on any atom is -0.295 e. The molecule has 0 aromatic heterocycles. The molecule has 0 N–H and O–H groups in total. The molecule has 0 aromatic rings. The Morgan fingerprint density at radius 3 is 2.36 bits per heavy atom. The van der Waals surface area contributed by atoms with Crippen LogP contribution >= 0.6 is 0 Å². The van der Waals surface area contributed by atoms with E-state index in [0.29, 0.717) is 34.0 Å². The summed E-state index contributed by atoms with van der Waals surface area (Å²) in [5.74, 6) is 1.34. The molecule has 0 amide bonds. The monoisotopic (exact) mass is 447 g/mol. The molecule has 5 aliphatic rings. The lowest BCUT2D eigenvalue weighted by molar-refractivity contribution is -0.147. The number of nitriles is 1. The van der Waals surface area contributed by atoms with Crippen LogP contribution in [0.1, 0.15) is 92.9 Å². The molecule has 0 spiro atoms. The molecule has 0 saturated heterocycles. The van der Waals surface area contributed by atoms with E-state index in [1.807, 2.05) is 19.1 Å². The maximum Gasteiger partial charge on any atom is 0.176 e. The van der Waals surface area contributed by atoms with E-state index in [4.69, 9.17) is 0 Å². The van der Waals surface area contributed by atoms with Crippen molar-refractivity contribution in [1.29, 1.82) is 5.26 Å². The Morgan fingerprint density at radius 2 is 1.70 bits per heavy atom. The van der Waals surface area contributed by atoms with Crippen LogP contribution in [0.2, 0.25) is 0 Å². The third-order valence-electron chi connectivity index (χ3n) is 11.6. The van der Waals surface area contributed by atoms with Gasteiger partial charge in [-0.3, -0.25) is 9.59 Å². The van der Waals surface area contributed by atoms with Gasteiger partial charge in [0.05, 0.1) is 5.57 Å². The van der Waals surface area contributed by atoms with Crippen LogP contribution in [0.5, 0.6) is 0 Å². The van der Waals surface area contributed by atoms with Crippen molar-refractivity contribution in [3.63, 3.8) is 0 Å². The van der Waals surface area contributed by atoms with Crippen molar-refractivity contribution in [2.75, 3.05) is 0 Å². The Balaban J connectivity index is 1.63. The number of hydrogen-bond donors (Lipinski definition) is 0. The second-order valence-corrected chi connectivity index (χ2v) is 13.5. The Morgan fingerprint density at radius 1 is 1.00 bits per heavy atom. The van der Waals surface area contributed by atoms with E-state index in [0.717, 1.165) is 25.7 Å². The van der Waals surface area contributed by atoms with Crippen LogP contribution < -0.4 is 0 Å². The molecule has 5 aliphatic carbocycles. The molecule has 3 nitrogen and oxygen atoms in total. The summed E-state index contributed by atoms with van der Waals surface area (Å²) in [5.41, 5.74) is 1.75. The van der Waals surface area contributed by atoms with Crippen molar-refractivity contribution in [2.24, 2.45) is 51.2 Å². The standard InChI is InChI=1S/C30H41NO2/c1-7-30-11-9-21-25(22(30)16-27(3,4)12-13-30)23(32)14-24-28(21,5)10-8-20-18(2)26(33)19(17-31)15-29(20,24)6/h14-15,18,20-22,25H,7-13,16H2,1-6H3. The zero-order chi connectivity index (χ0) is 24.0. The molecule has 5 rings (SSSR count). The topological polar surface area (TPSA) is 57.9 Å². The zero-order valence-corrected chi connectivity index (χ0v) is 21.5. The second kappa shape index (κ2) is 7.16. The van der Waals surface area contributed by atoms with Gasteiger partial charge >= 0.3 is 0 Å². The van der Waals surface area contributed by atoms with Crippen molar-refractivity contribution in [1.82, 2.24) is 0 Å². The van der Waals surface area contributed by atoms with Gasteiger partial charge in [-0.05, 0) is 85.0 Å². The highest BCUT2D eigenvalue weighted by Gasteiger charge is 2.64. The Hall–Kier alpha value is -1.69. The summed E-state index contributed by atoms with van der Waals surface area (Å²) in [5, 5.41) is 9.69. The molecular formula is C30H41NO2. The van der Waals surface area contributed by atoms with Crippen molar-refractivity contribution in [3.8, 4) is 6.07 Å². The molecule has 0 aliphatic heterocycles. The molecule has 178 valence electrons. The van der Waals surface area contributed by atoms with Crippen molar-refractivity contribution >= 4 is 11.6 Å². The minimum atomic E-state index is -0.378. The third-order valence-corrected chi connectivity index (χ3v) is 11.6. The number of fused-ring (bicyclic) bond motifs is 7. The smallest absolute Gasteiger partial charge is 0.176 e. The highest BCUT2D eigenvalue weighted by atomic mass is 16.1. The first kappa shape index (κ1) is 23.1. The lowest BCUT2D eigenvalue weighted by Gasteiger charge is -2.64. The lowest BCUT2D eigenvalue weighted by Crippen LogP contribution is -2.59. The summed E-state index contributed by atoms with van der Waals surface area (Å²) in [4.78, 5) is 26.8. The van der Waals surface area contributed by atoms with Crippen molar-refractivity contribution in [2.45, 2.75) is 92.9 Å². The number of hydrogen-bond acceptors (Lipinski definition) is 3. The molecule has 0 heterocycles. The predicted molar refractivity (Wildman–Crippen MR) is 130 cm³/mol. The van der Waals surface area contributed by atoms with Gasteiger partial charge in [0.2, 0.25) is 0 Å². The van der Waals surface area contributed by atoms with Gasteiger partial charge in [0, 0.05) is 17.3 Å². The Kier molecular flexibility index (Phi) is 5.00. The maximum absolute atomic E-state index is 14.0. The summed E-state index contributed by atoms with van der Waals surface area (Å²) in [6.45, 7) is 13.8. The highest BCUT2D eigenvalue weighted by molar-refractivity contribution is 6.02. The second-order valence-electron chi connectivity index (χ2n) is 13.5. The third kappa shape index (κ3) is 2.98. The van der Waals surface area contributed by atoms with Crippen LogP contribution in [0, 0.1) is 62.6 Å². The van der Waals surface area contributed by atoms with Gasteiger partial charge in [-0.2, -0.15) is 5.26 Å². The predicted octanol–water partition coefficient (Wildman–Crippen LogP) is 6.84. The first-order valence-electron chi connectivity index (χ1n) is 13.4. The molecule has 8 atom stereocenters. The van der Waals surface area contributed by atoms with E-state index >= 15 is 0 Å². The lowest BCUT2D eigenvalue weighted by atomic mass is 9.39. The Labute approximate surface area is 200 Å². The number of nitrogens with zero attached hydrogens (tertiary/aromatic N) is 1. The quantitative estimate of drug-likeness (QED) is 0.442. The van der Waals surface area contributed by atoms with Crippen molar-refractivity contribution in [3.05, 3.63) is 23.3 Å². The SMILES string of the molecule is CCC12CCC3C(C(=O)C=C4C5(C)C=C(C#N)C(=O)C(C)C5CCC43C)C1CC(C)(C)CC2. The van der Waals surface area contributed by atoms with Gasteiger partial charge in [-0.25, -0.2) is 0 Å². The summed E-state index contributed by atoms with van der Waals surface area (Å²) in [6, 6.07) is 2.18. The van der Waals surface area contributed by atoms with E-state index in [-0.39, 0.29) is 34.4 Å². The van der Waals surface area contributed by atoms with Crippen molar-refractivity contribution < 1.29 is 9.59 Å². The molecule has 33 heavy (non-hydrogen) atoms. The van der Waals surface area contributed by atoms with Crippen LogP contribution in [0.15, 0.2) is 23.3 Å². The zero-order valence-electron chi connectivity index (χ0n) is 21.5. The summed E-state index contributed by atoms with van der Waals surface area (Å²) in [6.07, 6.45) is 13.3. The fourth-order valence-electron chi connectivity index (χ4n) is 9.62. The van der Waals surface area contributed by atoms with E-state index in [2.05, 4.69) is 40.7 Å². The molecule has 8 unspecified atom stereocenters. The number of rotatable bonds is 1. The van der Waals surface area contributed by atoms with Crippen LogP contribution in [0.4, 0.5) is 0 Å². The van der Waals surface area contributed by atoms with E-state index in [1.165, 1.54) is 31.3 Å². The van der Waals surface area contributed by atoms with Gasteiger partial charge in [0.1, 0.15) is 6.07 Å². The van der Waals surface area contributed by atoms with Crippen LogP contribution in [0.25, 0.3) is 0 Å². The molecule has 0 aromatic carbocycles. The van der Waals surface area contributed by atoms with Gasteiger partial charge in [-0.15, -0.1) is 0 Å². The molecule has 0 bridgehead atoms. The molecule has 3 fully saturated rings. The summed E-state index contributed by atoms with van der Waals surface area (Å²) >= 11 is 0. The molecular weight excluding hydrogens is 406 g/mol. The summed E-state index contributed by atoms with van der Waals surface area (Å²) in [7, 11) is 0. The number of carbonyl (C=O) groups excluding carboxylic acids is 2. The average Bonchev–Trinajstić information content (AvgIpc) is 2.77. The van der Waals surface area contributed by atoms with Gasteiger partial charge in [0.15, 0.2) is 11.6 Å². The maximum atomic E-state index is 14.0. The normalized spacial score (nSPS) is 48.3. The van der Waals surface area contributed by atoms with Gasteiger partial charge < -0.3 is 0 Å². The molecule has 3 heteroatoms. The Bertz CT molecular complexity index is 1010. The van der Waals surface area contributed by atoms with E-state index in [9.17, 15) is 14.9 Å². The van der Waals surface area contributed by atoms with Gasteiger partial charge in [0.25, 0.3) is 0 Å². The van der Waals surface area contributed by atoms with E-state index < -0.39 is 0 Å². The largest absolute Gasteiger partial charge is 0.295 e. The van der Waals surface area contributed by atoms with Gasteiger partial charge in [-0.1, -0.05) is 59.6 Å². The molecule has 3 saturated carbocycles. The van der Waals surface area contributed by atoms with Crippen LogP contribution in [-0.2, 0) is 9.59 Å². The summed E-state index contributed by atoms with van der Waals surface area (Å²) < 4.78 is 0. The fourth-order valence-corrected chi connectivity index (χ4v) is 9.62.